The Hall–Kier alpha value is -2.11. The van der Waals surface area contributed by atoms with E-state index >= 15 is 0 Å². The third kappa shape index (κ3) is 2.43. The molecule has 0 aliphatic carbocycles. The van der Waals surface area contributed by atoms with Crippen molar-refractivity contribution in [3.05, 3.63) is 36.2 Å². The highest BCUT2D eigenvalue weighted by Crippen LogP contribution is 1.92. The molecule has 6 heteroatoms. The molecule has 0 aromatic carbocycles. The maximum atomic E-state index is 11.4. The normalized spacial score (nSPS) is 10.1. The van der Waals surface area contributed by atoms with Crippen LogP contribution in [0.2, 0.25) is 0 Å². The van der Waals surface area contributed by atoms with Gasteiger partial charge in [0.2, 0.25) is 0 Å². The van der Waals surface area contributed by atoms with E-state index in [0.29, 0.717) is 18.7 Å². The minimum absolute atomic E-state index is 0.154. The molecule has 0 radical (unpaired) electrons. The Kier molecular flexibility index (Phi) is 2.77. The highest BCUT2D eigenvalue weighted by atomic mass is 16.1. The summed E-state index contributed by atoms with van der Waals surface area (Å²) in [5, 5.41) is 9.05. The van der Waals surface area contributed by atoms with Crippen LogP contribution in [0.25, 0.3) is 0 Å². The standard InChI is InChI=1S/C9H11N5O/c15-9(7-1-4-13-14-7)12-3-2-8-10-5-6-11-8/h1,4-6H,2-3H2,(H,10,11)(H,12,15)(H,13,14). The molecule has 3 N–H and O–H groups in total. The molecular formula is C9H11N5O. The number of nitrogens with zero attached hydrogens (tertiary/aromatic N) is 2. The molecule has 0 bridgehead atoms. The van der Waals surface area contributed by atoms with E-state index in [4.69, 9.17) is 0 Å². The van der Waals surface area contributed by atoms with E-state index in [1.807, 2.05) is 0 Å². The van der Waals surface area contributed by atoms with Crippen molar-refractivity contribution in [3.8, 4) is 0 Å². The van der Waals surface area contributed by atoms with Gasteiger partial charge in [0.25, 0.3) is 5.91 Å². The first kappa shape index (κ1) is 9.45. The van der Waals surface area contributed by atoms with Gasteiger partial charge in [-0.2, -0.15) is 5.10 Å². The largest absolute Gasteiger partial charge is 0.350 e. The van der Waals surface area contributed by atoms with Gasteiger partial charge < -0.3 is 10.3 Å². The average molecular weight is 205 g/mol. The van der Waals surface area contributed by atoms with E-state index in [-0.39, 0.29) is 5.91 Å². The van der Waals surface area contributed by atoms with Crippen LogP contribution in [-0.4, -0.2) is 32.6 Å². The lowest BCUT2D eigenvalue weighted by molar-refractivity contribution is 0.0949. The molecule has 0 saturated carbocycles. The smallest absolute Gasteiger partial charge is 0.269 e. The van der Waals surface area contributed by atoms with Gasteiger partial charge in [-0.05, 0) is 6.07 Å². The van der Waals surface area contributed by atoms with Gasteiger partial charge in [0.1, 0.15) is 11.5 Å². The number of rotatable bonds is 4. The molecule has 0 atom stereocenters. The molecule has 2 rings (SSSR count). The van der Waals surface area contributed by atoms with E-state index in [9.17, 15) is 4.79 Å². The van der Waals surface area contributed by atoms with E-state index in [1.54, 1.807) is 24.7 Å². The van der Waals surface area contributed by atoms with Crippen molar-refractivity contribution in [1.82, 2.24) is 25.5 Å². The topological polar surface area (TPSA) is 86.5 Å². The van der Waals surface area contributed by atoms with Crippen molar-refractivity contribution < 1.29 is 4.79 Å². The first-order valence-electron chi connectivity index (χ1n) is 4.62. The van der Waals surface area contributed by atoms with Crippen molar-refractivity contribution in [2.24, 2.45) is 0 Å². The maximum absolute atomic E-state index is 11.4. The molecule has 0 unspecified atom stereocenters. The zero-order valence-corrected chi connectivity index (χ0v) is 8.03. The predicted octanol–water partition coefficient (Wildman–Crippen LogP) is 0.105. The third-order valence-corrected chi connectivity index (χ3v) is 1.95. The van der Waals surface area contributed by atoms with Crippen molar-refractivity contribution in [2.45, 2.75) is 6.42 Å². The fourth-order valence-electron chi connectivity index (χ4n) is 1.21. The molecule has 0 saturated heterocycles. The van der Waals surface area contributed by atoms with E-state index in [0.717, 1.165) is 5.82 Å². The Balaban J connectivity index is 1.77. The lowest BCUT2D eigenvalue weighted by atomic mass is 10.3. The molecule has 15 heavy (non-hydrogen) atoms. The fourth-order valence-corrected chi connectivity index (χ4v) is 1.21. The summed E-state index contributed by atoms with van der Waals surface area (Å²) >= 11 is 0. The van der Waals surface area contributed by atoms with Crippen LogP contribution in [0.4, 0.5) is 0 Å². The lowest BCUT2D eigenvalue weighted by Gasteiger charge is -2.01. The van der Waals surface area contributed by atoms with Gasteiger partial charge in [0.15, 0.2) is 0 Å². The molecule has 0 fully saturated rings. The molecule has 0 aliphatic rings. The monoisotopic (exact) mass is 205 g/mol. The van der Waals surface area contributed by atoms with Gasteiger partial charge in [-0.1, -0.05) is 0 Å². The van der Waals surface area contributed by atoms with E-state index in [1.165, 1.54) is 0 Å². The molecule has 78 valence electrons. The first-order chi connectivity index (χ1) is 7.36. The van der Waals surface area contributed by atoms with Gasteiger partial charge in [-0.15, -0.1) is 0 Å². The molecule has 2 aromatic rings. The van der Waals surface area contributed by atoms with E-state index in [2.05, 4.69) is 25.5 Å². The molecular weight excluding hydrogens is 194 g/mol. The summed E-state index contributed by atoms with van der Waals surface area (Å²) in [6.07, 6.45) is 5.67. The number of carbonyl (C=O) groups excluding carboxylic acids is 1. The average Bonchev–Trinajstić information content (AvgIpc) is 2.90. The number of aromatic amines is 2. The summed E-state index contributed by atoms with van der Waals surface area (Å²) < 4.78 is 0. The summed E-state index contributed by atoms with van der Waals surface area (Å²) in [4.78, 5) is 18.4. The van der Waals surface area contributed by atoms with Crippen LogP contribution in [0.1, 0.15) is 16.3 Å². The Labute approximate surface area is 86.1 Å². The van der Waals surface area contributed by atoms with Crippen molar-refractivity contribution in [1.29, 1.82) is 0 Å². The Morgan fingerprint density at radius 2 is 2.40 bits per heavy atom. The predicted molar refractivity (Wildman–Crippen MR) is 53.2 cm³/mol. The van der Waals surface area contributed by atoms with Gasteiger partial charge >= 0.3 is 0 Å². The molecule has 6 nitrogen and oxygen atoms in total. The minimum atomic E-state index is -0.154. The number of aromatic nitrogens is 4. The summed E-state index contributed by atoms with van der Waals surface area (Å²) in [6.45, 7) is 0.547. The number of H-pyrrole nitrogens is 2. The molecule has 0 aliphatic heterocycles. The highest BCUT2D eigenvalue weighted by molar-refractivity contribution is 5.92. The van der Waals surface area contributed by atoms with E-state index < -0.39 is 0 Å². The summed E-state index contributed by atoms with van der Waals surface area (Å²) in [5.41, 5.74) is 0.467. The number of hydrogen-bond donors (Lipinski definition) is 3. The molecule has 1 amide bonds. The highest BCUT2D eigenvalue weighted by Gasteiger charge is 2.05. The van der Waals surface area contributed by atoms with Gasteiger partial charge in [0.05, 0.1) is 0 Å². The van der Waals surface area contributed by atoms with Crippen LogP contribution < -0.4 is 5.32 Å². The zero-order chi connectivity index (χ0) is 10.5. The lowest BCUT2D eigenvalue weighted by Crippen LogP contribution is -2.26. The van der Waals surface area contributed by atoms with Crippen molar-refractivity contribution in [3.63, 3.8) is 0 Å². The summed E-state index contributed by atoms with van der Waals surface area (Å²) in [5.74, 6) is 0.707. The number of amides is 1. The SMILES string of the molecule is O=C(NCCc1ncc[nH]1)c1ccn[nH]1. The van der Waals surface area contributed by atoms with Crippen LogP contribution >= 0.6 is 0 Å². The zero-order valence-electron chi connectivity index (χ0n) is 8.03. The third-order valence-electron chi connectivity index (χ3n) is 1.95. The van der Waals surface area contributed by atoms with Crippen LogP contribution in [-0.2, 0) is 6.42 Å². The quantitative estimate of drug-likeness (QED) is 0.661. The molecule has 0 spiro atoms. The Morgan fingerprint density at radius 3 is 3.07 bits per heavy atom. The van der Waals surface area contributed by atoms with Gasteiger partial charge in [0, 0.05) is 31.6 Å². The van der Waals surface area contributed by atoms with Crippen molar-refractivity contribution in [2.75, 3.05) is 6.54 Å². The second kappa shape index (κ2) is 4.41. The van der Waals surface area contributed by atoms with Crippen molar-refractivity contribution >= 4 is 5.91 Å². The van der Waals surface area contributed by atoms with Crippen LogP contribution in [0, 0.1) is 0 Å². The molecule has 2 aromatic heterocycles. The molecule has 2 heterocycles. The second-order valence-corrected chi connectivity index (χ2v) is 3.01. The first-order valence-corrected chi connectivity index (χ1v) is 4.62. The van der Waals surface area contributed by atoms with Crippen LogP contribution in [0.5, 0.6) is 0 Å². The Morgan fingerprint density at radius 1 is 1.47 bits per heavy atom. The van der Waals surface area contributed by atoms with Gasteiger partial charge in [-0.25, -0.2) is 4.98 Å². The summed E-state index contributed by atoms with van der Waals surface area (Å²) in [6, 6.07) is 1.63. The maximum Gasteiger partial charge on any atom is 0.269 e. The van der Waals surface area contributed by atoms with Gasteiger partial charge in [-0.3, -0.25) is 9.89 Å². The van der Waals surface area contributed by atoms with Crippen LogP contribution in [0.15, 0.2) is 24.7 Å². The number of imidazole rings is 1. The minimum Gasteiger partial charge on any atom is -0.350 e. The Bertz CT molecular complexity index is 406. The van der Waals surface area contributed by atoms with Crippen LogP contribution in [0.3, 0.4) is 0 Å². The fraction of sp³-hybridized carbons (Fsp3) is 0.222. The number of nitrogens with one attached hydrogen (secondary N) is 3. The summed E-state index contributed by atoms with van der Waals surface area (Å²) in [7, 11) is 0. The number of hydrogen-bond acceptors (Lipinski definition) is 3. The second-order valence-electron chi connectivity index (χ2n) is 3.01. The number of carbonyl (C=O) groups is 1.